The van der Waals surface area contributed by atoms with Gasteiger partial charge in [-0.3, -0.25) is 19.7 Å². The van der Waals surface area contributed by atoms with Gasteiger partial charge < -0.3 is 20.1 Å². The third kappa shape index (κ3) is 4.96. The molecule has 0 spiro atoms. The summed E-state index contributed by atoms with van der Waals surface area (Å²) in [7, 11) is 0. The number of ether oxygens (including phenoxy) is 1. The highest BCUT2D eigenvalue weighted by Crippen LogP contribution is 2.19. The van der Waals surface area contributed by atoms with Crippen LogP contribution in [0.4, 0.5) is 0 Å². The van der Waals surface area contributed by atoms with Gasteiger partial charge in [-0.15, -0.1) is 0 Å². The van der Waals surface area contributed by atoms with Crippen LogP contribution in [-0.4, -0.2) is 75.5 Å². The smallest absolute Gasteiger partial charge is 0.272 e. The van der Waals surface area contributed by atoms with Crippen LogP contribution in [0.15, 0.2) is 60.8 Å². The highest BCUT2D eigenvalue weighted by atomic mass is 16.5. The molecule has 160 valence electrons. The normalized spacial score (nSPS) is 18.9. The molecule has 4 rings (SSSR count). The molecule has 3 aromatic rings. The number of hydrogen-bond donors (Lipinski definition) is 3. The van der Waals surface area contributed by atoms with Crippen LogP contribution in [-0.2, 0) is 4.74 Å². The average Bonchev–Trinajstić information content (AvgIpc) is 3.22. The van der Waals surface area contributed by atoms with Gasteiger partial charge in [0.15, 0.2) is 0 Å². The minimum absolute atomic E-state index is 0.00246. The standard InChI is InChI=1S/C22H23N5O4/c28-20(17-8-4-5-9-23-17)24-13-22(30)14-27(10-11-31-15-22)21(29)19-12-18(25-26-19)16-6-2-1-3-7-16/h1-9,12,30H,10-11,13-15H2,(H,24,28)(H,25,26). The molecule has 31 heavy (non-hydrogen) atoms. The number of aromatic amines is 1. The summed E-state index contributed by atoms with van der Waals surface area (Å²) in [6, 6.07) is 16.2. The SMILES string of the molecule is O=C(NCC1(O)COCCN(C(=O)c2cc(-c3ccccc3)n[nH]2)C1)c1ccccn1. The van der Waals surface area contributed by atoms with E-state index in [0.29, 0.717) is 17.9 Å². The fourth-order valence-corrected chi connectivity index (χ4v) is 3.39. The number of carbonyl (C=O) groups is 2. The molecular weight excluding hydrogens is 398 g/mol. The van der Waals surface area contributed by atoms with Gasteiger partial charge in [0.1, 0.15) is 17.0 Å². The van der Waals surface area contributed by atoms with E-state index < -0.39 is 11.5 Å². The first-order chi connectivity index (χ1) is 15.0. The molecule has 1 aliphatic rings. The number of benzene rings is 1. The summed E-state index contributed by atoms with van der Waals surface area (Å²) < 4.78 is 5.50. The molecule has 3 heterocycles. The maximum Gasteiger partial charge on any atom is 0.272 e. The van der Waals surface area contributed by atoms with E-state index in [-0.39, 0.29) is 37.9 Å². The number of rotatable bonds is 5. The Morgan fingerprint density at radius 2 is 2.00 bits per heavy atom. The Kier molecular flexibility index (Phi) is 6.06. The topological polar surface area (TPSA) is 120 Å². The maximum absolute atomic E-state index is 13.0. The Bertz CT molecular complexity index is 1040. The Morgan fingerprint density at radius 3 is 2.77 bits per heavy atom. The van der Waals surface area contributed by atoms with Gasteiger partial charge in [0.2, 0.25) is 0 Å². The minimum atomic E-state index is -1.43. The summed E-state index contributed by atoms with van der Waals surface area (Å²) in [6.45, 7) is 0.521. The lowest BCUT2D eigenvalue weighted by atomic mass is 10.0. The fraction of sp³-hybridized carbons (Fsp3) is 0.273. The van der Waals surface area contributed by atoms with Crippen LogP contribution in [0, 0.1) is 0 Å². The summed E-state index contributed by atoms with van der Waals surface area (Å²) in [6.07, 6.45) is 1.52. The molecule has 1 aliphatic heterocycles. The van der Waals surface area contributed by atoms with Gasteiger partial charge in [-0.2, -0.15) is 5.10 Å². The number of carbonyl (C=O) groups excluding carboxylic acids is 2. The number of H-pyrrole nitrogens is 1. The zero-order valence-corrected chi connectivity index (χ0v) is 16.8. The van der Waals surface area contributed by atoms with E-state index in [1.165, 1.54) is 11.1 Å². The van der Waals surface area contributed by atoms with Crippen molar-refractivity contribution in [2.45, 2.75) is 5.60 Å². The number of hydrogen-bond acceptors (Lipinski definition) is 6. The summed E-state index contributed by atoms with van der Waals surface area (Å²) >= 11 is 0. The van der Waals surface area contributed by atoms with E-state index in [9.17, 15) is 14.7 Å². The Balaban J connectivity index is 1.43. The first-order valence-electron chi connectivity index (χ1n) is 9.94. The molecule has 1 atom stereocenters. The number of nitrogens with zero attached hydrogens (tertiary/aromatic N) is 3. The molecule has 1 fully saturated rings. The van der Waals surface area contributed by atoms with E-state index in [2.05, 4.69) is 20.5 Å². The average molecular weight is 421 g/mol. The van der Waals surface area contributed by atoms with E-state index >= 15 is 0 Å². The summed E-state index contributed by atoms with van der Waals surface area (Å²) in [5.41, 5.74) is 0.692. The van der Waals surface area contributed by atoms with Gasteiger partial charge in [-0.25, -0.2) is 0 Å². The molecule has 9 heteroatoms. The molecule has 0 aliphatic carbocycles. The van der Waals surface area contributed by atoms with Crippen molar-refractivity contribution in [3.63, 3.8) is 0 Å². The zero-order valence-electron chi connectivity index (χ0n) is 16.8. The molecule has 0 radical (unpaired) electrons. The number of aliphatic hydroxyl groups is 1. The first-order valence-corrected chi connectivity index (χ1v) is 9.94. The molecule has 3 N–H and O–H groups in total. The lowest BCUT2D eigenvalue weighted by Crippen LogP contribution is -2.53. The Labute approximate surface area is 179 Å². The van der Waals surface area contributed by atoms with Gasteiger partial charge in [0, 0.05) is 18.3 Å². The van der Waals surface area contributed by atoms with E-state index in [1.807, 2.05) is 30.3 Å². The number of β-amino-alcohol motifs (C(OH)–C–C–N with tert-alkyl or cyclic N) is 1. The molecule has 0 bridgehead atoms. The van der Waals surface area contributed by atoms with Crippen LogP contribution < -0.4 is 5.32 Å². The predicted molar refractivity (Wildman–Crippen MR) is 112 cm³/mol. The largest absolute Gasteiger partial charge is 0.384 e. The summed E-state index contributed by atoms with van der Waals surface area (Å²) in [5.74, 6) is -0.702. The lowest BCUT2D eigenvalue weighted by molar-refractivity contribution is -0.0324. The van der Waals surface area contributed by atoms with Crippen LogP contribution >= 0.6 is 0 Å². The molecule has 9 nitrogen and oxygen atoms in total. The van der Waals surface area contributed by atoms with Crippen molar-refractivity contribution >= 4 is 11.8 Å². The first kappa shape index (κ1) is 20.7. The number of amides is 2. The second kappa shape index (κ2) is 9.07. The van der Waals surface area contributed by atoms with Gasteiger partial charge in [0.25, 0.3) is 11.8 Å². The number of nitrogens with one attached hydrogen (secondary N) is 2. The van der Waals surface area contributed by atoms with Crippen LogP contribution in [0.25, 0.3) is 11.3 Å². The summed E-state index contributed by atoms with van der Waals surface area (Å²) in [4.78, 5) is 30.8. The third-order valence-electron chi connectivity index (χ3n) is 5.00. The second-order valence-electron chi connectivity index (χ2n) is 7.43. The number of aromatic nitrogens is 3. The molecule has 1 saturated heterocycles. The molecule has 2 aromatic heterocycles. The monoisotopic (exact) mass is 421 g/mol. The predicted octanol–water partition coefficient (Wildman–Crippen LogP) is 1.11. The Hall–Kier alpha value is -3.56. The van der Waals surface area contributed by atoms with Crippen molar-refractivity contribution < 1.29 is 19.4 Å². The molecular formula is C22H23N5O4. The van der Waals surface area contributed by atoms with Crippen molar-refractivity contribution in [3.05, 3.63) is 72.2 Å². The molecule has 2 amide bonds. The highest BCUT2D eigenvalue weighted by molar-refractivity contribution is 5.93. The van der Waals surface area contributed by atoms with E-state index in [0.717, 1.165) is 5.56 Å². The minimum Gasteiger partial charge on any atom is -0.384 e. The molecule has 0 saturated carbocycles. The van der Waals surface area contributed by atoms with Gasteiger partial charge in [-0.1, -0.05) is 36.4 Å². The van der Waals surface area contributed by atoms with Crippen molar-refractivity contribution in [1.29, 1.82) is 0 Å². The second-order valence-corrected chi connectivity index (χ2v) is 7.43. The number of pyridine rings is 1. The van der Waals surface area contributed by atoms with Crippen molar-refractivity contribution in [2.24, 2.45) is 0 Å². The van der Waals surface area contributed by atoms with Gasteiger partial charge in [-0.05, 0) is 18.2 Å². The summed E-state index contributed by atoms with van der Waals surface area (Å²) in [5, 5.41) is 20.7. The van der Waals surface area contributed by atoms with Gasteiger partial charge >= 0.3 is 0 Å². The van der Waals surface area contributed by atoms with Crippen molar-refractivity contribution in [1.82, 2.24) is 25.4 Å². The quantitative estimate of drug-likeness (QED) is 0.568. The zero-order chi connectivity index (χ0) is 21.7. The molecule has 1 unspecified atom stereocenters. The van der Waals surface area contributed by atoms with E-state index in [1.54, 1.807) is 24.3 Å². The van der Waals surface area contributed by atoms with Crippen LogP contribution in [0.3, 0.4) is 0 Å². The highest BCUT2D eigenvalue weighted by Gasteiger charge is 2.35. The van der Waals surface area contributed by atoms with Crippen molar-refractivity contribution in [2.75, 3.05) is 32.8 Å². The fourth-order valence-electron chi connectivity index (χ4n) is 3.39. The van der Waals surface area contributed by atoms with E-state index in [4.69, 9.17) is 4.74 Å². The van der Waals surface area contributed by atoms with Gasteiger partial charge in [0.05, 0.1) is 32.0 Å². The van der Waals surface area contributed by atoms with Crippen molar-refractivity contribution in [3.8, 4) is 11.3 Å². The van der Waals surface area contributed by atoms with Crippen LogP contribution in [0.1, 0.15) is 21.0 Å². The lowest BCUT2D eigenvalue weighted by Gasteiger charge is -2.30. The molecule has 1 aromatic carbocycles. The Morgan fingerprint density at radius 1 is 1.19 bits per heavy atom. The van der Waals surface area contributed by atoms with Crippen LogP contribution in [0.2, 0.25) is 0 Å². The maximum atomic E-state index is 13.0. The third-order valence-corrected chi connectivity index (χ3v) is 5.00. The van der Waals surface area contributed by atoms with Crippen LogP contribution in [0.5, 0.6) is 0 Å².